The van der Waals surface area contributed by atoms with E-state index in [1.165, 1.54) is 11.0 Å². The summed E-state index contributed by atoms with van der Waals surface area (Å²) in [7, 11) is 0. The smallest absolute Gasteiger partial charge is 0.227 e. The van der Waals surface area contributed by atoms with Crippen molar-refractivity contribution in [1.29, 1.82) is 0 Å². The van der Waals surface area contributed by atoms with Gasteiger partial charge in [-0.25, -0.2) is 4.39 Å². The van der Waals surface area contributed by atoms with E-state index in [9.17, 15) is 14.0 Å². The first-order chi connectivity index (χ1) is 12.0. The SMILES string of the molecule is Cc1ccc(N2CC(C(=O)NC(C)c3ccccc3)CC2=O)c(F)c1. The van der Waals surface area contributed by atoms with Crippen molar-refractivity contribution < 1.29 is 14.0 Å². The number of carbonyl (C=O) groups is 2. The lowest BCUT2D eigenvalue weighted by Crippen LogP contribution is -2.34. The zero-order valence-corrected chi connectivity index (χ0v) is 14.3. The molecule has 1 saturated heterocycles. The maximum Gasteiger partial charge on any atom is 0.227 e. The first-order valence-corrected chi connectivity index (χ1v) is 8.37. The summed E-state index contributed by atoms with van der Waals surface area (Å²) in [6.07, 6.45) is 0.0979. The second-order valence-electron chi connectivity index (χ2n) is 6.50. The average molecular weight is 340 g/mol. The summed E-state index contributed by atoms with van der Waals surface area (Å²) in [6, 6.07) is 14.2. The third-order valence-electron chi connectivity index (χ3n) is 4.55. The first-order valence-electron chi connectivity index (χ1n) is 8.37. The van der Waals surface area contributed by atoms with Gasteiger partial charge in [-0.1, -0.05) is 36.4 Å². The Balaban J connectivity index is 1.68. The van der Waals surface area contributed by atoms with E-state index in [4.69, 9.17) is 0 Å². The van der Waals surface area contributed by atoms with Crippen LogP contribution in [0, 0.1) is 18.7 Å². The number of nitrogens with one attached hydrogen (secondary N) is 1. The Hall–Kier alpha value is -2.69. The Labute approximate surface area is 146 Å². The van der Waals surface area contributed by atoms with Crippen LogP contribution in [-0.4, -0.2) is 18.4 Å². The van der Waals surface area contributed by atoms with E-state index in [2.05, 4.69) is 5.32 Å². The number of carbonyl (C=O) groups excluding carboxylic acids is 2. The summed E-state index contributed by atoms with van der Waals surface area (Å²) in [4.78, 5) is 26.1. The summed E-state index contributed by atoms with van der Waals surface area (Å²) in [6.45, 7) is 3.90. The van der Waals surface area contributed by atoms with Gasteiger partial charge < -0.3 is 10.2 Å². The van der Waals surface area contributed by atoms with Crippen molar-refractivity contribution in [1.82, 2.24) is 5.32 Å². The lowest BCUT2D eigenvalue weighted by atomic mass is 10.1. The number of rotatable bonds is 4. The van der Waals surface area contributed by atoms with Gasteiger partial charge >= 0.3 is 0 Å². The van der Waals surface area contributed by atoms with Crippen LogP contribution in [0.1, 0.15) is 30.5 Å². The minimum atomic E-state index is -0.473. The fourth-order valence-electron chi connectivity index (χ4n) is 3.10. The van der Waals surface area contributed by atoms with Gasteiger partial charge in [-0.2, -0.15) is 0 Å². The van der Waals surface area contributed by atoms with E-state index in [0.29, 0.717) is 0 Å². The predicted molar refractivity (Wildman–Crippen MR) is 94.6 cm³/mol. The van der Waals surface area contributed by atoms with Gasteiger partial charge in [0.25, 0.3) is 0 Å². The Morgan fingerprint density at radius 3 is 2.64 bits per heavy atom. The third kappa shape index (κ3) is 3.71. The molecule has 0 aromatic heterocycles. The molecule has 0 spiro atoms. The average Bonchev–Trinajstić information content (AvgIpc) is 2.97. The molecule has 1 aliphatic rings. The maximum atomic E-state index is 14.1. The van der Waals surface area contributed by atoms with Crippen molar-refractivity contribution >= 4 is 17.5 Å². The summed E-state index contributed by atoms with van der Waals surface area (Å²) in [5.41, 5.74) is 2.03. The van der Waals surface area contributed by atoms with E-state index < -0.39 is 11.7 Å². The Kier molecular flexibility index (Phi) is 4.83. The molecule has 3 rings (SSSR count). The number of nitrogens with zero attached hydrogens (tertiary/aromatic N) is 1. The molecule has 130 valence electrons. The van der Waals surface area contributed by atoms with E-state index in [-0.39, 0.29) is 36.5 Å². The van der Waals surface area contributed by atoms with Crippen molar-refractivity contribution in [2.45, 2.75) is 26.3 Å². The lowest BCUT2D eigenvalue weighted by molar-refractivity contribution is -0.126. The monoisotopic (exact) mass is 340 g/mol. The molecule has 0 radical (unpaired) electrons. The van der Waals surface area contributed by atoms with E-state index >= 15 is 0 Å². The van der Waals surface area contributed by atoms with Gasteiger partial charge in [-0.15, -0.1) is 0 Å². The molecule has 1 aliphatic heterocycles. The minimum absolute atomic E-state index is 0.0979. The largest absolute Gasteiger partial charge is 0.349 e. The summed E-state index contributed by atoms with van der Waals surface area (Å²) in [5, 5.41) is 2.94. The van der Waals surface area contributed by atoms with Gasteiger partial charge in [0.1, 0.15) is 5.82 Å². The summed E-state index contributed by atoms with van der Waals surface area (Å²) < 4.78 is 14.1. The van der Waals surface area contributed by atoms with Crippen LogP contribution in [0.25, 0.3) is 0 Å². The molecule has 25 heavy (non-hydrogen) atoms. The Morgan fingerprint density at radius 2 is 1.96 bits per heavy atom. The van der Waals surface area contributed by atoms with Crippen LogP contribution in [0.5, 0.6) is 0 Å². The van der Waals surface area contributed by atoms with Gasteiger partial charge in [-0.05, 0) is 37.1 Å². The number of benzene rings is 2. The second kappa shape index (κ2) is 7.05. The van der Waals surface area contributed by atoms with Gasteiger partial charge in [0.2, 0.25) is 11.8 Å². The van der Waals surface area contributed by atoms with E-state index in [1.54, 1.807) is 19.1 Å². The summed E-state index contributed by atoms with van der Waals surface area (Å²) >= 11 is 0. The van der Waals surface area contributed by atoms with Crippen LogP contribution in [0.4, 0.5) is 10.1 Å². The number of hydrogen-bond acceptors (Lipinski definition) is 2. The molecule has 1 fully saturated rings. The van der Waals surface area contributed by atoms with Gasteiger partial charge in [0.15, 0.2) is 0 Å². The van der Waals surface area contributed by atoms with Crippen LogP contribution in [0.3, 0.4) is 0 Å². The molecule has 4 nitrogen and oxygen atoms in total. The number of amides is 2. The fourth-order valence-corrected chi connectivity index (χ4v) is 3.10. The molecule has 0 saturated carbocycles. The maximum absolute atomic E-state index is 14.1. The van der Waals surface area contributed by atoms with Crippen molar-refractivity contribution in [3.8, 4) is 0 Å². The standard InChI is InChI=1S/C20H21FN2O2/c1-13-8-9-18(17(21)10-13)23-12-16(11-19(23)24)20(25)22-14(2)15-6-4-3-5-7-15/h3-10,14,16H,11-12H2,1-2H3,(H,22,25). The Bertz CT molecular complexity index is 792. The van der Waals surface area contributed by atoms with E-state index in [1.807, 2.05) is 37.3 Å². The van der Waals surface area contributed by atoms with E-state index in [0.717, 1.165) is 11.1 Å². The van der Waals surface area contributed by atoms with Crippen molar-refractivity contribution in [2.24, 2.45) is 5.92 Å². The Morgan fingerprint density at radius 1 is 1.24 bits per heavy atom. The normalized spacial score (nSPS) is 18.3. The molecule has 1 heterocycles. The molecular weight excluding hydrogens is 319 g/mol. The number of anilines is 1. The molecule has 0 aliphatic carbocycles. The van der Waals surface area contributed by atoms with Gasteiger partial charge in [-0.3, -0.25) is 9.59 Å². The molecule has 2 amide bonds. The zero-order valence-electron chi connectivity index (χ0n) is 14.3. The predicted octanol–water partition coefficient (Wildman–Crippen LogP) is 3.36. The number of aryl methyl sites for hydroxylation is 1. The van der Waals surface area contributed by atoms with Gasteiger partial charge in [0.05, 0.1) is 17.6 Å². The van der Waals surface area contributed by atoms with Crippen LogP contribution >= 0.6 is 0 Å². The van der Waals surface area contributed by atoms with Crippen molar-refractivity contribution in [2.75, 3.05) is 11.4 Å². The molecule has 2 aromatic carbocycles. The molecule has 2 atom stereocenters. The number of halogens is 1. The van der Waals surface area contributed by atoms with Crippen molar-refractivity contribution in [3.63, 3.8) is 0 Å². The number of hydrogen-bond donors (Lipinski definition) is 1. The molecular formula is C20H21FN2O2. The molecule has 0 bridgehead atoms. The molecule has 2 aromatic rings. The lowest BCUT2D eigenvalue weighted by Gasteiger charge is -2.19. The fraction of sp³-hybridized carbons (Fsp3) is 0.300. The van der Waals surface area contributed by atoms with Crippen LogP contribution in [0.15, 0.2) is 48.5 Å². The van der Waals surface area contributed by atoms with Gasteiger partial charge in [0, 0.05) is 13.0 Å². The quantitative estimate of drug-likeness (QED) is 0.928. The third-order valence-corrected chi connectivity index (χ3v) is 4.55. The highest BCUT2D eigenvalue weighted by Gasteiger charge is 2.36. The van der Waals surface area contributed by atoms with Crippen LogP contribution in [-0.2, 0) is 9.59 Å². The molecule has 5 heteroatoms. The van der Waals surface area contributed by atoms with Crippen molar-refractivity contribution in [3.05, 3.63) is 65.5 Å². The second-order valence-corrected chi connectivity index (χ2v) is 6.50. The first kappa shape index (κ1) is 17.1. The minimum Gasteiger partial charge on any atom is -0.349 e. The highest BCUT2D eigenvalue weighted by molar-refractivity contribution is 6.00. The zero-order chi connectivity index (χ0) is 18.0. The molecule has 2 unspecified atom stereocenters. The summed E-state index contributed by atoms with van der Waals surface area (Å²) in [5.74, 6) is -1.32. The topological polar surface area (TPSA) is 49.4 Å². The van der Waals surface area contributed by atoms with Crippen LogP contribution in [0.2, 0.25) is 0 Å². The van der Waals surface area contributed by atoms with Crippen LogP contribution < -0.4 is 10.2 Å². The molecule has 1 N–H and O–H groups in total. The highest BCUT2D eigenvalue weighted by Crippen LogP contribution is 2.28. The highest BCUT2D eigenvalue weighted by atomic mass is 19.1.